The van der Waals surface area contributed by atoms with E-state index in [0.29, 0.717) is 12.0 Å². The van der Waals surface area contributed by atoms with E-state index in [9.17, 15) is 13.5 Å². The molecule has 0 aromatic heterocycles. The van der Waals surface area contributed by atoms with Gasteiger partial charge < -0.3 is 5.11 Å². The first-order valence-electron chi connectivity index (χ1n) is 7.04. The fraction of sp³-hybridized carbons (Fsp3) is 1.00. The molecule has 106 valence electrons. The van der Waals surface area contributed by atoms with Crippen LogP contribution in [0.2, 0.25) is 0 Å². The summed E-state index contributed by atoms with van der Waals surface area (Å²) >= 11 is 0. The van der Waals surface area contributed by atoms with E-state index in [-0.39, 0.29) is 11.9 Å². The minimum absolute atomic E-state index is 0.147. The summed E-state index contributed by atoms with van der Waals surface area (Å²) in [6.07, 6.45) is 7.35. The smallest absolute Gasteiger partial charge is 0.150 e. The van der Waals surface area contributed by atoms with Gasteiger partial charge in [-0.2, -0.15) is 0 Å². The molecule has 0 amide bonds. The van der Waals surface area contributed by atoms with E-state index in [1.54, 1.807) is 0 Å². The van der Waals surface area contributed by atoms with Crippen molar-refractivity contribution in [3.8, 4) is 0 Å². The zero-order valence-corrected chi connectivity index (χ0v) is 12.0. The summed E-state index contributed by atoms with van der Waals surface area (Å²) in [4.78, 5) is 2.42. The molecular formula is C13H25NO3S. The third-order valence-electron chi connectivity index (χ3n) is 4.53. The van der Waals surface area contributed by atoms with Gasteiger partial charge in [-0.1, -0.05) is 6.42 Å². The van der Waals surface area contributed by atoms with E-state index in [4.69, 9.17) is 0 Å². The van der Waals surface area contributed by atoms with Gasteiger partial charge in [0.1, 0.15) is 9.84 Å². The molecule has 0 radical (unpaired) electrons. The zero-order chi connectivity index (χ0) is 13.2. The van der Waals surface area contributed by atoms with Crippen molar-refractivity contribution in [3.63, 3.8) is 0 Å². The zero-order valence-electron chi connectivity index (χ0n) is 11.2. The molecule has 0 aromatic rings. The number of aliphatic hydroxyl groups is 1. The van der Waals surface area contributed by atoms with Crippen LogP contribution in [0.3, 0.4) is 0 Å². The molecule has 4 nitrogen and oxygen atoms in total. The van der Waals surface area contributed by atoms with Gasteiger partial charge in [0.15, 0.2) is 0 Å². The van der Waals surface area contributed by atoms with Crippen molar-refractivity contribution in [2.24, 2.45) is 5.92 Å². The van der Waals surface area contributed by atoms with Crippen LogP contribution >= 0.6 is 0 Å². The van der Waals surface area contributed by atoms with Gasteiger partial charge in [-0.3, -0.25) is 4.90 Å². The lowest BCUT2D eigenvalue weighted by Crippen LogP contribution is -2.47. The van der Waals surface area contributed by atoms with Crippen LogP contribution in [0.4, 0.5) is 0 Å². The first-order chi connectivity index (χ1) is 8.50. The van der Waals surface area contributed by atoms with Crippen molar-refractivity contribution in [2.75, 3.05) is 26.0 Å². The summed E-state index contributed by atoms with van der Waals surface area (Å²) < 4.78 is 23.4. The highest BCUT2D eigenvalue weighted by molar-refractivity contribution is 7.91. The number of hydrogen-bond acceptors (Lipinski definition) is 4. The molecule has 0 spiro atoms. The second-order valence-corrected chi connectivity index (χ2v) is 8.28. The van der Waals surface area contributed by atoms with Crippen LogP contribution in [0.25, 0.3) is 0 Å². The van der Waals surface area contributed by atoms with Crippen molar-refractivity contribution >= 4 is 9.84 Å². The second kappa shape index (κ2) is 5.88. The standard InChI is InChI=1S/C13H25NO3S/c1-18(16,17)13-6-2-5-12(8-13)14-7-3-4-11(9-14)10-15/h11-13,15H,2-10H2,1H3. The van der Waals surface area contributed by atoms with E-state index >= 15 is 0 Å². The highest BCUT2D eigenvalue weighted by Gasteiger charge is 2.33. The molecular weight excluding hydrogens is 250 g/mol. The van der Waals surface area contributed by atoms with Crippen molar-refractivity contribution < 1.29 is 13.5 Å². The second-order valence-electron chi connectivity index (χ2n) is 5.96. The monoisotopic (exact) mass is 275 g/mol. The Balaban J connectivity index is 1.96. The van der Waals surface area contributed by atoms with Crippen molar-refractivity contribution in [2.45, 2.75) is 49.8 Å². The van der Waals surface area contributed by atoms with Crippen molar-refractivity contribution in [1.82, 2.24) is 4.90 Å². The molecule has 3 unspecified atom stereocenters. The highest BCUT2D eigenvalue weighted by atomic mass is 32.2. The fourth-order valence-electron chi connectivity index (χ4n) is 3.42. The maximum atomic E-state index is 11.7. The van der Waals surface area contributed by atoms with Gasteiger partial charge in [0.25, 0.3) is 0 Å². The number of hydrogen-bond donors (Lipinski definition) is 1. The van der Waals surface area contributed by atoms with Gasteiger partial charge in [0, 0.05) is 25.4 Å². The summed E-state index contributed by atoms with van der Waals surface area (Å²) in [6, 6.07) is 0.410. The molecule has 2 fully saturated rings. The number of sulfone groups is 1. The molecule has 18 heavy (non-hydrogen) atoms. The molecule has 1 saturated carbocycles. The van der Waals surface area contributed by atoms with Crippen LogP contribution in [0.1, 0.15) is 38.5 Å². The molecule has 3 atom stereocenters. The van der Waals surface area contributed by atoms with Gasteiger partial charge >= 0.3 is 0 Å². The van der Waals surface area contributed by atoms with Crippen LogP contribution in [0.5, 0.6) is 0 Å². The fourth-order valence-corrected chi connectivity index (χ4v) is 4.59. The van der Waals surface area contributed by atoms with Gasteiger partial charge in [0.05, 0.1) is 5.25 Å². The largest absolute Gasteiger partial charge is 0.396 e. The maximum Gasteiger partial charge on any atom is 0.150 e. The minimum atomic E-state index is -2.89. The van der Waals surface area contributed by atoms with E-state index in [2.05, 4.69) is 4.90 Å². The van der Waals surface area contributed by atoms with Gasteiger partial charge in [-0.15, -0.1) is 0 Å². The van der Waals surface area contributed by atoms with Gasteiger partial charge in [-0.05, 0) is 44.6 Å². The molecule has 2 rings (SSSR count). The molecule has 1 aliphatic heterocycles. The number of likely N-dealkylation sites (tertiary alicyclic amines) is 1. The van der Waals surface area contributed by atoms with Crippen LogP contribution < -0.4 is 0 Å². The van der Waals surface area contributed by atoms with E-state index in [1.165, 1.54) is 6.26 Å². The minimum Gasteiger partial charge on any atom is -0.396 e. The number of nitrogens with zero attached hydrogens (tertiary/aromatic N) is 1. The molecule has 1 N–H and O–H groups in total. The summed E-state index contributed by atoms with van der Waals surface area (Å²) in [5.74, 6) is 0.386. The lowest BCUT2D eigenvalue weighted by molar-refractivity contribution is 0.0729. The normalized spacial score (nSPS) is 35.6. The Morgan fingerprint density at radius 1 is 1.22 bits per heavy atom. The van der Waals surface area contributed by atoms with Gasteiger partial charge in [0.2, 0.25) is 0 Å². The molecule has 1 heterocycles. The lowest BCUT2D eigenvalue weighted by atomic mass is 9.90. The Labute approximate surface area is 110 Å². The SMILES string of the molecule is CS(=O)(=O)C1CCCC(N2CCCC(CO)C2)C1. The first-order valence-corrected chi connectivity index (χ1v) is 9.00. The molecule has 2 aliphatic rings. The average Bonchev–Trinajstić information content (AvgIpc) is 2.38. The Bertz CT molecular complexity index is 368. The van der Waals surface area contributed by atoms with E-state index in [0.717, 1.165) is 51.6 Å². The molecule has 0 aromatic carbocycles. The third kappa shape index (κ3) is 3.45. The van der Waals surface area contributed by atoms with E-state index in [1.807, 2.05) is 0 Å². The van der Waals surface area contributed by atoms with Crippen LogP contribution in [0, 0.1) is 5.92 Å². The Morgan fingerprint density at radius 3 is 2.67 bits per heavy atom. The van der Waals surface area contributed by atoms with Crippen LogP contribution in [-0.4, -0.2) is 55.7 Å². The number of piperidine rings is 1. The summed E-state index contributed by atoms with van der Waals surface area (Å²) in [7, 11) is -2.89. The highest BCUT2D eigenvalue weighted by Crippen LogP contribution is 2.30. The number of aliphatic hydroxyl groups excluding tert-OH is 1. The molecule has 1 aliphatic carbocycles. The predicted octanol–water partition coefficient (Wildman–Crippen LogP) is 1.05. The Hall–Kier alpha value is -0.130. The Morgan fingerprint density at radius 2 is 2.00 bits per heavy atom. The van der Waals surface area contributed by atoms with Gasteiger partial charge in [-0.25, -0.2) is 8.42 Å². The molecule has 1 saturated heterocycles. The third-order valence-corrected chi connectivity index (χ3v) is 6.17. The Kier molecular flexibility index (Phi) is 4.67. The molecule has 5 heteroatoms. The van der Waals surface area contributed by atoms with Crippen molar-refractivity contribution in [1.29, 1.82) is 0 Å². The number of rotatable bonds is 3. The van der Waals surface area contributed by atoms with Crippen molar-refractivity contribution in [3.05, 3.63) is 0 Å². The first kappa shape index (κ1) is 14.3. The molecule has 0 bridgehead atoms. The quantitative estimate of drug-likeness (QED) is 0.836. The summed E-state index contributed by atoms with van der Waals surface area (Å²) in [6.45, 7) is 2.27. The lowest BCUT2D eigenvalue weighted by Gasteiger charge is -2.41. The predicted molar refractivity (Wildman–Crippen MR) is 72.3 cm³/mol. The summed E-state index contributed by atoms with van der Waals surface area (Å²) in [5.41, 5.74) is 0. The summed E-state index contributed by atoms with van der Waals surface area (Å²) in [5, 5.41) is 9.12. The average molecular weight is 275 g/mol. The van der Waals surface area contributed by atoms with E-state index < -0.39 is 9.84 Å². The maximum absolute atomic E-state index is 11.7. The topological polar surface area (TPSA) is 57.6 Å². The van der Waals surface area contributed by atoms with Crippen LogP contribution in [-0.2, 0) is 9.84 Å². The van der Waals surface area contributed by atoms with Crippen LogP contribution in [0.15, 0.2) is 0 Å².